The molecule has 0 aliphatic heterocycles. The molecule has 8 amide bonds. The molecule has 4 atom stereocenters. The maximum atomic E-state index is 13.5. The van der Waals surface area contributed by atoms with Crippen molar-refractivity contribution in [2.75, 3.05) is 21.3 Å². The smallest absolute Gasteiger partial charge is 0.335 e. The summed E-state index contributed by atoms with van der Waals surface area (Å²) in [7, 11) is 0. The molecular weight excluding hydrogens is 1230 g/mol. The number of aromatic nitrogens is 3. The first-order valence-corrected chi connectivity index (χ1v) is 32.2. The summed E-state index contributed by atoms with van der Waals surface area (Å²) >= 11 is 3.82. The van der Waals surface area contributed by atoms with E-state index in [0.717, 1.165) is 36.2 Å². The summed E-state index contributed by atoms with van der Waals surface area (Å²) in [5.41, 5.74) is 8.15. The lowest BCUT2D eigenvalue weighted by atomic mass is 10.0. The van der Waals surface area contributed by atoms with Crippen molar-refractivity contribution < 1.29 is 63.2 Å². The van der Waals surface area contributed by atoms with Crippen LogP contribution in [0.2, 0.25) is 0 Å². The van der Waals surface area contributed by atoms with E-state index >= 15 is 0 Å². The Hall–Kier alpha value is -9.44. The number of primary amides is 1. The number of aliphatic hydroxyl groups excluding tert-OH is 1. The number of aromatic hydroxyl groups is 1. The van der Waals surface area contributed by atoms with Crippen molar-refractivity contribution in [3.05, 3.63) is 123 Å². The number of unbranched alkanes of at least 4 members (excludes halogenated alkanes) is 8. The van der Waals surface area contributed by atoms with E-state index in [-0.39, 0.29) is 51.6 Å². The van der Waals surface area contributed by atoms with Gasteiger partial charge in [-0.2, -0.15) is 0 Å². The molecule has 12 N–H and O–H groups in total. The van der Waals surface area contributed by atoms with Crippen molar-refractivity contribution in [2.24, 2.45) is 5.73 Å². The number of phenols is 1. The monoisotopic (exact) mass is 1300 g/mol. The average Bonchev–Trinajstić information content (AvgIpc) is 2.05. The van der Waals surface area contributed by atoms with E-state index in [1.54, 1.807) is 43.5 Å². The Bertz CT molecular complexity index is 3700. The van der Waals surface area contributed by atoms with Gasteiger partial charge in [0.1, 0.15) is 50.2 Å². The third-order valence-corrected chi connectivity index (χ3v) is 16.6. The van der Waals surface area contributed by atoms with Gasteiger partial charge in [-0.15, -0.1) is 34.0 Å². The number of hydrogen-bond acceptors (Lipinski definition) is 18. The molecule has 480 valence electrons. The van der Waals surface area contributed by atoms with Crippen molar-refractivity contribution in [1.29, 1.82) is 0 Å². The van der Waals surface area contributed by atoms with E-state index in [1.807, 2.05) is 5.38 Å². The average molecular weight is 1300 g/mol. The number of ether oxygens (including phenoxy) is 1. The number of anilines is 4. The third-order valence-electron chi connectivity index (χ3n) is 14.0. The molecule has 7 aromatic rings. The maximum absolute atomic E-state index is 13.5. The first-order valence-electron chi connectivity index (χ1n) is 29.6. The molecule has 91 heavy (non-hydrogen) atoms. The van der Waals surface area contributed by atoms with Gasteiger partial charge < -0.3 is 63.0 Å². The second-order valence-corrected chi connectivity index (χ2v) is 24.3. The molecule has 0 saturated carbocycles. The van der Waals surface area contributed by atoms with E-state index in [1.165, 1.54) is 141 Å². The molecule has 3 heterocycles. The Balaban J connectivity index is 0.867. The molecule has 24 nitrogen and oxygen atoms in total. The zero-order valence-electron chi connectivity index (χ0n) is 50.8. The van der Waals surface area contributed by atoms with Crippen molar-refractivity contribution in [3.8, 4) is 43.5 Å². The lowest BCUT2D eigenvalue weighted by Crippen LogP contribution is -2.50. The standard InChI is InChI=1S/C64H73N11O13S3/c1-6-7-8-9-10-11-12-13-14-15-44(76)30-52(78)66-36(4)55(80)67-37(5)56(81)68-41-24-18-39(19-25-41)61-74-49(33-89-61)63-75-50(34-91-63)62-73-48(32-90-62)60(85)72-47(31-51(65)77)59(84)70-43-22-16-38(17-23-43)57(82)71-46-29-28-45(53(79)54(46)88-35(2)3)58(83)69-42-26-20-40(21-27-42)64(86)87/h16-29,32-37,44,47,76,79H,6-15,30-31H2,1-5H3,(H2,65,77)(H,66,78)(H,67,80)(H,68,81)(H,69,83)(H,70,84)(H,71,82)(H,72,85)(H,86,87)/t36-,37-,44?,47-/m0/s1. The maximum Gasteiger partial charge on any atom is 0.335 e. The summed E-state index contributed by atoms with van der Waals surface area (Å²) in [6, 6.07) is 17.3. The number of benzene rings is 4. The molecule has 0 bridgehead atoms. The number of carbonyl (C=O) groups excluding carboxylic acids is 8. The highest BCUT2D eigenvalue weighted by Crippen LogP contribution is 2.40. The number of nitrogens with one attached hydrogen (secondary N) is 7. The number of carbonyl (C=O) groups is 9. The lowest BCUT2D eigenvalue weighted by molar-refractivity contribution is -0.131. The van der Waals surface area contributed by atoms with Crippen LogP contribution in [-0.2, 0) is 24.0 Å². The minimum Gasteiger partial charge on any atom is -0.504 e. The fourth-order valence-electron chi connectivity index (χ4n) is 9.09. The summed E-state index contributed by atoms with van der Waals surface area (Å²) < 4.78 is 5.81. The van der Waals surface area contributed by atoms with E-state index in [4.69, 9.17) is 20.4 Å². The first-order chi connectivity index (χ1) is 43.5. The molecule has 0 aliphatic rings. The molecule has 3 aromatic heterocycles. The summed E-state index contributed by atoms with van der Waals surface area (Å²) in [6.45, 7) is 8.60. The molecule has 0 fully saturated rings. The Morgan fingerprint density at radius 1 is 0.549 bits per heavy atom. The molecule has 4 aromatic carbocycles. The van der Waals surface area contributed by atoms with Gasteiger partial charge in [-0.3, -0.25) is 38.4 Å². The van der Waals surface area contributed by atoms with Crippen molar-refractivity contribution in [2.45, 2.75) is 142 Å². The summed E-state index contributed by atoms with van der Waals surface area (Å²) in [5, 5.41) is 55.9. The number of carboxylic acids is 1. The van der Waals surface area contributed by atoms with Crippen LogP contribution >= 0.6 is 34.0 Å². The number of thiazole rings is 3. The molecule has 0 saturated heterocycles. The van der Waals surface area contributed by atoms with Crippen LogP contribution in [0.1, 0.15) is 153 Å². The largest absolute Gasteiger partial charge is 0.504 e. The van der Waals surface area contributed by atoms with Gasteiger partial charge in [0.15, 0.2) is 11.5 Å². The Labute approximate surface area is 537 Å². The highest BCUT2D eigenvalue weighted by molar-refractivity contribution is 7.16. The van der Waals surface area contributed by atoms with Gasteiger partial charge in [-0.05, 0) is 119 Å². The zero-order chi connectivity index (χ0) is 65.7. The molecule has 1 unspecified atom stereocenters. The van der Waals surface area contributed by atoms with Crippen LogP contribution in [0, 0.1) is 0 Å². The quantitative estimate of drug-likeness (QED) is 0.0170. The van der Waals surface area contributed by atoms with Gasteiger partial charge in [0.05, 0.1) is 41.9 Å². The molecule has 0 aliphatic carbocycles. The van der Waals surface area contributed by atoms with Crippen LogP contribution in [0.5, 0.6) is 11.5 Å². The van der Waals surface area contributed by atoms with Crippen LogP contribution < -0.4 is 47.7 Å². The van der Waals surface area contributed by atoms with Crippen molar-refractivity contribution >= 4 is 110 Å². The van der Waals surface area contributed by atoms with Crippen molar-refractivity contribution in [1.82, 2.24) is 30.9 Å². The fraction of sp³-hybridized carbons (Fsp3) is 0.344. The predicted octanol–water partition coefficient (Wildman–Crippen LogP) is 9.98. The second kappa shape index (κ2) is 33.4. The summed E-state index contributed by atoms with van der Waals surface area (Å²) in [6.07, 6.45) is 8.92. The molecule has 27 heteroatoms. The van der Waals surface area contributed by atoms with Crippen LogP contribution in [0.15, 0.2) is 101 Å². The number of aromatic carboxylic acids is 1. The van der Waals surface area contributed by atoms with Gasteiger partial charge in [-0.25, -0.2) is 19.7 Å². The van der Waals surface area contributed by atoms with E-state index in [9.17, 15) is 58.5 Å². The van der Waals surface area contributed by atoms with Crippen LogP contribution in [0.25, 0.3) is 32.0 Å². The zero-order valence-corrected chi connectivity index (χ0v) is 53.2. The predicted molar refractivity (Wildman–Crippen MR) is 349 cm³/mol. The Kier molecular flexibility index (Phi) is 25.3. The number of carboxylic acid groups (broad SMARTS) is 1. The van der Waals surface area contributed by atoms with E-state index in [2.05, 4.69) is 49.1 Å². The SMILES string of the molecule is CCCCCCCCCCCC(O)CC(=O)N[C@@H](C)C(=O)N[C@@H](C)C(=O)Nc1ccc(-c2nc(-c3nc(-c4nc(C(=O)N[C@@H](CC(N)=O)C(=O)Nc5ccc(C(=O)Nc6ccc(C(=O)Nc7ccc(C(=O)O)cc7)c(O)c6OC(C)C)cc5)cs4)cs3)cs2)cc1. The normalized spacial score (nSPS) is 12.4. The van der Waals surface area contributed by atoms with Gasteiger partial charge in [-0.1, -0.05) is 64.7 Å². The Morgan fingerprint density at radius 3 is 1.70 bits per heavy atom. The highest BCUT2D eigenvalue weighted by atomic mass is 32.1. The lowest BCUT2D eigenvalue weighted by Gasteiger charge is -2.19. The number of aliphatic hydroxyl groups is 1. The minimum atomic E-state index is -1.43. The first kappa shape index (κ1) is 69.0. The van der Waals surface area contributed by atoms with Gasteiger partial charge in [0.25, 0.3) is 17.7 Å². The number of phenolic OH excluding ortho intramolecular Hbond substituents is 1. The summed E-state index contributed by atoms with van der Waals surface area (Å²) in [4.78, 5) is 130. The number of nitrogens with two attached hydrogens (primary N) is 1. The Morgan fingerprint density at radius 2 is 1.09 bits per heavy atom. The van der Waals surface area contributed by atoms with Crippen molar-refractivity contribution in [3.63, 3.8) is 0 Å². The topological polar surface area (TPSA) is 372 Å². The molecular formula is C64H73N11O13S3. The minimum absolute atomic E-state index is 0.0139. The van der Waals surface area contributed by atoms with Gasteiger partial charge in [0.2, 0.25) is 29.5 Å². The van der Waals surface area contributed by atoms with Crippen LogP contribution in [0.4, 0.5) is 22.7 Å². The molecule has 0 radical (unpaired) electrons. The third kappa shape index (κ3) is 20.5. The summed E-state index contributed by atoms with van der Waals surface area (Å²) in [5.74, 6) is -7.18. The van der Waals surface area contributed by atoms with E-state index in [0.29, 0.717) is 38.5 Å². The fourth-order valence-corrected chi connectivity index (χ4v) is 11.6. The van der Waals surface area contributed by atoms with E-state index < -0.39 is 95.7 Å². The number of nitrogens with zero attached hydrogens (tertiary/aromatic N) is 3. The molecule has 0 spiro atoms. The van der Waals surface area contributed by atoms with Crippen LogP contribution in [-0.4, -0.2) is 114 Å². The van der Waals surface area contributed by atoms with Gasteiger partial charge in [0, 0.05) is 44.3 Å². The van der Waals surface area contributed by atoms with Crippen LogP contribution in [0.3, 0.4) is 0 Å². The van der Waals surface area contributed by atoms with Gasteiger partial charge >= 0.3 is 5.97 Å². The number of rotatable bonds is 33. The second-order valence-electron chi connectivity index (χ2n) is 21.7. The number of hydrogen-bond donors (Lipinski definition) is 11. The number of amides is 8. The highest BCUT2D eigenvalue weighted by Gasteiger charge is 2.28. The molecule has 7 rings (SSSR count).